The molecule has 3 rings (SSSR count). The average Bonchev–Trinajstić information content (AvgIpc) is 2.81. The summed E-state index contributed by atoms with van der Waals surface area (Å²) in [5.74, 6) is -0.458. The average molecular weight is 467 g/mol. The molecular weight excluding hydrogens is 436 g/mol. The lowest BCUT2D eigenvalue weighted by Crippen LogP contribution is -2.39. The molecule has 0 bridgehead atoms. The predicted molar refractivity (Wildman–Crippen MR) is 134 cm³/mol. The Morgan fingerprint density at radius 2 is 1.82 bits per heavy atom. The van der Waals surface area contributed by atoms with Gasteiger partial charge in [0, 0.05) is 19.3 Å². The van der Waals surface area contributed by atoms with Crippen LogP contribution in [0.2, 0.25) is 0 Å². The van der Waals surface area contributed by atoms with Crippen LogP contribution in [0.25, 0.3) is 10.9 Å². The Balaban J connectivity index is 1.72. The van der Waals surface area contributed by atoms with Crippen molar-refractivity contribution in [2.75, 3.05) is 18.9 Å². The van der Waals surface area contributed by atoms with Gasteiger partial charge in [0.15, 0.2) is 5.16 Å². The van der Waals surface area contributed by atoms with Crippen molar-refractivity contribution in [2.45, 2.75) is 50.6 Å². The standard InChI is InChI=1S/C25H30N4O3S/c1-5-15-29-24(32)19-12-8-10-14-21(19)27-25(29)33-17(3)23(31)28(4)16-22(30)26-20-13-9-7-11-18(20)6-2/h7-14,17H,5-6,15-16H2,1-4H3,(H,26,30)/t17-/m1/s1. The number of hydrogen-bond donors (Lipinski definition) is 1. The molecule has 1 aromatic heterocycles. The van der Waals surface area contributed by atoms with Gasteiger partial charge in [-0.25, -0.2) is 4.98 Å². The van der Waals surface area contributed by atoms with Gasteiger partial charge >= 0.3 is 0 Å². The quantitative estimate of drug-likeness (QED) is 0.381. The van der Waals surface area contributed by atoms with Crippen LogP contribution in [0.15, 0.2) is 58.5 Å². The number of carbonyl (C=O) groups excluding carboxylic acids is 2. The zero-order valence-electron chi connectivity index (χ0n) is 19.5. The molecule has 0 aliphatic heterocycles. The molecule has 8 heteroatoms. The molecule has 0 aliphatic rings. The molecular formula is C25H30N4O3S. The van der Waals surface area contributed by atoms with Crippen molar-refractivity contribution in [3.05, 3.63) is 64.4 Å². The maximum atomic E-state index is 13.0. The third-order valence-electron chi connectivity index (χ3n) is 5.33. The summed E-state index contributed by atoms with van der Waals surface area (Å²) in [5.41, 5.74) is 2.31. The molecule has 1 atom stereocenters. The van der Waals surface area contributed by atoms with Crippen LogP contribution in [-0.2, 0) is 22.6 Å². The summed E-state index contributed by atoms with van der Waals surface area (Å²) < 4.78 is 1.63. The highest BCUT2D eigenvalue weighted by molar-refractivity contribution is 8.00. The van der Waals surface area contributed by atoms with Crippen LogP contribution in [0.1, 0.15) is 32.8 Å². The second-order valence-corrected chi connectivity index (χ2v) is 9.19. The molecule has 33 heavy (non-hydrogen) atoms. The van der Waals surface area contributed by atoms with Crippen molar-refractivity contribution in [1.82, 2.24) is 14.5 Å². The van der Waals surface area contributed by atoms with E-state index in [0.717, 1.165) is 24.1 Å². The van der Waals surface area contributed by atoms with Crippen LogP contribution in [-0.4, -0.2) is 45.1 Å². The number of carbonyl (C=O) groups is 2. The van der Waals surface area contributed by atoms with Gasteiger partial charge in [-0.15, -0.1) is 0 Å². The number of nitrogens with zero attached hydrogens (tertiary/aromatic N) is 3. The first-order valence-electron chi connectivity index (χ1n) is 11.1. The summed E-state index contributed by atoms with van der Waals surface area (Å²) in [6.07, 6.45) is 1.58. The Morgan fingerprint density at radius 1 is 1.12 bits per heavy atom. The van der Waals surface area contributed by atoms with Crippen LogP contribution in [0.5, 0.6) is 0 Å². The fourth-order valence-electron chi connectivity index (χ4n) is 3.61. The fraction of sp³-hybridized carbons (Fsp3) is 0.360. The minimum Gasteiger partial charge on any atom is -0.335 e. The van der Waals surface area contributed by atoms with Crippen molar-refractivity contribution < 1.29 is 9.59 Å². The highest BCUT2D eigenvalue weighted by atomic mass is 32.2. The first-order valence-corrected chi connectivity index (χ1v) is 12.0. The van der Waals surface area contributed by atoms with Gasteiger partial charge in [0.25, 0.3) is 5.56 Å². The van der Waals surface area contributed by atoms with Crippen LogP contribution < -0.4 is 10.9 Å². The van der Waals surface area contributed by atoms with Crippen molar-refractivity contribution >= 4 is 40.2 Å². The lowest BCUT2D eigenvalue weighted by Gasteiger charge is -2.22. The molecule has 0 fully saturated rings. The summed E-state index contributed by atoms with van der Waals surface area (Å²) in [7, 11) is 1.61. The molecule has 0 saturated carbocycles. The van der Waals surface area contributed by atoms with Crippen molar-refractivity contribution in [2.24, 2.45) is 0 Å². The van der Waals surface area contributed by atoms with Crippen LogP contribution in [0.3, 0.4) is 0 Å². The maximum absolute atomic E-state index is 13.0. The van der Waals surface area contributed by atoms with Gasteiger partial charge in [-0.2, -0.15) is 0 Å². The van der Waals surface area contributed by atoms with Gasteiger partial charge in [-0.1, -0.05) is 55.9 Å². The van der Waals surface area contributed by atoms with Crippen LogP contribution in [0, 0.1) is 0 Å². The molecule has 3 aromatic rings. The zero-order valence-corrected chi connectivity index (χ0v) is 20.3. The van der Waals surface area contributed by atoms with E-state index in [9.17, 15) is 14.4 Å². The van der Waals surface area contributed by atoms with Crippen molar-refractivity contribution in [3.8, 4) is 0 Å². The van der Waals surface area contributed by atoms with Gasteiger partial charge in [-0.3, -0.25) is 19.0 Å². The number of thioether (sulfide) groups is 1. The number of fused-ring (bicyclic) bond motifs is 1. The van der Waals surface area contributed by atoms with Gasteiger partial charge in [0.1, 0.15) is 0 Å². The molecule has 7 nitrogen and oxygen atoms in total. The molecule has 0 radical (unpaired) electrons. The van der Waals surface area contributed by atoms with Crippen molar-refractivity contribution in [3.63, 3.8) is 0 Å². The van der Waals surface area contributed by atoms with E-state index < -0.39 is 5.25 Å². The van der Waals surface area contributed by atoms with Gasteiger partial charge < -0.3 is 10.2 Å². The smallest absolute Gasteiger partial charge is 0.262 e. The Kier molecular flexibility index (Phi) is 8.27. The molecule has 0 unspecified atom stereocenters. The molecule has 2 amide bonds. The Labute approximate surface area is 198 Å². The largest absolute Gasteiger partial charge is 0.335 e. The van der Waals surface area contributed by atoms with Crippen molar-refractivity contribution in [1.29, 1.82) is 0 Å². The number of para-hydroxylation sites is 2. The highest BCUT2D eigenvalue weighted by Gasteiger charge is 2.23. The van der Waals surface area contributed by atoms with Gasteiger partial charge in [0.2, 0.25) is 11.8 Å². The van der Waals surface area contributed by atoms with Gasteiger partial charge in [0.05, 0.1) is 22.7 Å². The number of aromatic nitrogens is 2. The molecule has 1 heterocycles. The van der Waals surface area contributed by atoms with E-state index in [2.05, 4.69) is 10.3 Å². The second-order valence-electron chi connectivity index (χ2n) is 7.88. The second kappa shape index (κ2) is 11.1. The van der Waals surface area contributed by atoms with Crippen LogP contribution in [0.4, 0.5) is 5.69 Å². The fourth-order valence-corrected chi connectivity index (χ4v) is 4.66. The number of anilines is 1. The third kappa shape index (κ3) is 5.82. The summed E-state index contributed by atoms with van der Waals surface area (Å²) in [6.45, 7) is 6.25. The summed E-state index contributed by atoms with van der Waals surface area (Å²) in [4.78, 5) is 44.5. The van der Waals surface area contributed by atoms with E-state index >= 15 is 0 Å². The zero-order chi connectivity index (χ0) is 24.0. The Bertz CT molecular complexity index is 1210. The SMILES string of the molecule is CCCn1c(S[C@H](C)C(=O)N(C)CC(=O)Nc2ccccc2CC)nc2ccccc2c1=O. The monoisotopic (exact) mass is 466 g/mol. The third-order valence-corrected chi connectivity index (χ3v) is 6.41. The van der Waals surface area contributed by atoms with E-state index in [1.807, 2.05) is 50.2 Å². The minimum atomic E-state index is -0.512. The lowest BCUT2D eigenvalue weighted by molar-refractivity contribution is -0.132. The number of nitrogens with one attached hydrogen (secondary N) is 1. The molecule has 1 N–H and O–H groups in total. The topological polar surface area (TPSA) is 84.3 Å². The van der Waals surface area contributed by atoms with E-state index in [4.69, 9.17) is 0 Å². The molecule has 2 aromatic carbocycles. The molecule has 0 saturated heterocycles. The number of amides is 2. The number of rotatable bonds is 9. The normalized spacial score (nSPS) is 11.9. The first-order chi connectivity index (χ1) is 15.8. The van der Waals surface area contributed by atoms with E-state index in [1.165, 1.54) is 16.7 Å². The van der Waals surface area contributed by atoms with E-state index in [0.29, 0.717) is 22.6 Å². The van der Waals surface area contributed by atoms with E-state index in [1.54, 1.807) is 30.7 Å². The molecule has 0 aliphatic carbocycles. The Hall–Kier alpha value is -3.13. The predicted octanol–water partition coefficient (Wildman–Crippen LogP) is 3.95. The highest BCUT2D eigenvalue weighted by Crippen LogP contribution is 2.24. The summed E-state index contributed by atoms with van der Waals surface area (Å²) in [6, 6.07) is 14.9. The number of aryl methyl sites for hydroxylation is 1. The van der Waals surface area contributed by atoms with Crippen LogP contribution >= 0.6 is 11.8 Å². The Morgan fingerprint density at radius 3 is 2.55 bits per heavy atom. The summed E-state index contributed by atoms with van der Waals surface area (Å²) >= 11 is 1.24. The molecule has 174 valence electrons. The molecule has 0 spiro atoms. The lowest BCUT2D eigenvalue weighted by atomic mass is 10.1. The number of benzene rings is 2. The summed E-state index contributed by atoms with van der Waals surface area (Å²) in [5, 5.41) is 3.46. The van der Waals surface area contributed by atoms with E-state index in [-0.39, 0.29) is 23.9 Å². The minimum absolute atomic E-state index is 0.0608. The number of hydrogen-bond acceptors (Lipinski definition) is 5. The maximum Gasteiger partial charge on any atom is 0.262 e. The number of likely N-dealkylation sites (N-methyl/N-ethyl adjacent to an activating group) is 1. The van der Waals surface area contributed by atoms with Gasteiger partial charge in [-0.05, 0) is 43.5 Å². The first kappa shape index (κ1) is 24.5.